The zero-order valence-corrected chi connectivity index (χ0v) is 17.0. The molecular formula is C24H23NO5. The van der Waals surface area contributed by atoms with Crippen LogP contribution in [0.3, 0.4) is 0 Å². The Morgan fingerprint density at radius 3 is 2.67 bits per heavy atom. The van der Waals surface area contributed by atoms with Crippen LogP contribution in [0.15, 0.2) is 45.6 Å². The van der Waals surface area contributed by atoms with E-state index in [-0.39, 0.29) is 28.9 Å². The standard InChI is InChI=1S/C24H23NO5/c1-13-9-18-19(10-14(13)2)30-23-20(22(18)27)21(15-5-3-6-16(26)11-15)25(24(23)28)12-17-7-4-8-29-17/h3,5-6,9-11,17,21,26H,4,7-8,12H2,1-2H3/t17-,21-/m1/s1. The molecule has 30 heavy (non-hydrogen) atoms. The lowest BCUT2D eigenvalue weighted by Gasteiger charge is -2.27. The van der Waals surface area contributed by atoms with Crippen LogP contribution in [0.25, 0.3) is 11.0 Å². The average molecular weight is 405 g/mol. The summed E-state index contributed by atoms with van der Waals surface area (Å²) in [6.45, 7) is 4.94. The van der Waals surface area contributed by atoms with Crippen molar-refractivity contribution in [3.05, 3.63) is 74.6 Å². The number of ether oxygens (including phenoxy) is 1. The van der Waals surface area contributed by atoms with E-state index in [9.17, 15) is 14.7 Å². The van der Waals surface area contributed by atoms with E-state index in [0.717, 1.165) is 24.0 Å². The molecule has 0 saturated carbocycles. The number of hydrogen-bond donors (Lipinski definition) is 1. The summed E-state index contributed by atoms with van der Waals surface area (Å²) >= 11 is 0. The van der Waals surface area contributed by atoms with Crippen molar-refractivity contribution in [2.75, 3.05) is 13.2 Å². The minimum atomic E-state index is -0.619. The van der Waals surface area contributed by atoms with Crippen molar-refractivity contribution in [1.82, 2.24) is 4.90 Å². The molecule has 154 valence electrons. The average Bonchev–Trinajstić information content (AvgIpc) is 3.32. The number of carbonyl (C=O) groups excluding carboxylic acids is 1. The number of phenolic OH excluding ortho intramolecular Hbond substituents is 1. The minimum absolute atomic E-state index is 0.0721. The van der Waals surface area contributed by atoms with E-state index in [1.165, 1.54) is 0 Å². The van der Waals surface area contributed by atoms with Gasteiger partial charge in [-0.2, -0.15) is 0 Å². The number of nitrogens with zero attached hydrogens (tertiary/aromatic N) is 1. The monoisotopic (exact) mass is 405 g/mol. The molecule has 2 aliphatic heterocycles. The highest BCUT2D eigenvalue weighted by molar-refractivity contribution is 5.99. The number of aromatic hydroxyl groups is 1. The van der Waals surface area contributed by atoms with Crippen LogP contribution < -0.4 is 5.43 Å². The lowest BCUT2D eigenvalue weighted by molar-refractivity contribution is 0.0486. The Balaban J connectivity index is 1.73. The van der Waals surface area contributed by atoms with Gasteiger partial charge >= 0.3 is 0 Å². The van der Waals surface area contributed by atoms with E-state index in [4.69, 9.17) is 9.15 Å². The van der Waals surface area contributed by atoms with E-state index < -0.39 is 6.04 Å². The summed E-state index contributed by atoms with van der Waals surface area (Å²) in [6, 6.07) is 9.72. The summed E-state index contributed by atoms with van der Waals surface area (Å²) in [4.78, 5) is 28.6. The van der Waals surface area contributed by atoms with Gasteiger partial charge in [-0.05, 0) is 67.6 Å². The normalized spacial score (nSPS) is 20.9. The van der Waals surface area contributed by atoms with E-state index >= 15 is 0 Å². The third kappa shape index (κ3) is 2.91. The Morgan fingerprint density at radius 1 is 1.13 bits per heavy atom. The zero-order chi connectivity index (χ0) is 21.0. The first kappa shape index (κ1) is 18.9. The predicted octanol–water partition coefficient (Wildman–Crippen LogP) is 3.84. The quantitative estimate of drug-likeness (QED) is 0.716. The van der Waals surface area contributed by atoms with Gasteiger partial charge in [0.1, 0.15) is 11.3 Å². The third-order valence-electron chi connectivity index (χ3n) is 6.19. The van der Waals surface area contributed by atoms with Crippen LogP contribution in [-0.2, 0) is 4.74 Å². The molecule has 0 radical (unpaired) electrons. The van der Waals surface area contributed by atoms with Crippen molar-refractivity contribution in [1.29, 1.82) is 0 Å². The lowest BCUT2D eigenvalue weighted by atomic mass is 9.97. The molecule has 3 aromatic rings. The molecule has 2 aliphatic rings. The smallest absolute Gasteiger partial charge is 0.291 e. The maximum Gasteiger partial charge on any atom is 0.291 e. The number of benzene rings is 2. The van der Waals surface area contributed by atoms with Gasteiger partial charge in [0.05, 0.1) is 23.1 Å². The molecule has 0 aliphatic carbocycles. The van der Waals surface area contributed by atoms with Crippen LogP contribution in [0.2, 0.25) is 0 Å². The Labute approximate surface area is 173 Å². The molecule has 6 nitrogen and oxygen atoms in total. The second kappa shape index (κ2) is 6.99. The predicted molar refractivity (Wildman–Crippen MR) is 112 cm³/mol. The van der Waals surface area contributed by atoms with Gasteiger partial charge < -0.3 is 19.2 Å². The molecule has 1 fully saturated rings. The van der Waals surface area contributed by atoms with Gasteiger partial charge in [-0.15, -0.1) is 0 Å². The first-order valence-electron chi connectivity index (χ1n) is 10.2. The lowest BCUT2D eigenvalue weighted by Crippen LogP contribution is -2.36. The van der Waals surface area contributed by atoms with Gasteiger partial charge in [-0.3, -0.25) is 9.59 Å². The van der Waals surface area contributed by atoms with Crippen molar-refractivity contribution in [2.45, 2.75) is 38.8 Å². The third-order valence-corrected chi connectivity index (χ3v) is 6.19. The van der Waals surface area contributed by atoms with E-state index in [1.807, 2.05) is 32.0 Å². The number of carbonyl (C=O) groups is 1. The molecule has 6 heteroatoms. The van der Waals surface area contributed by atoms with Crippen LogP contribution in [-0.4, -0.2) is 35.2 Å². The summed E-state index contributed by atoms with van der Waals surface area (Å²) in [5, 5.41) is 10.5. The van der Waals surface area contributed by atoms with Gasteiger partial charge in [-0.1, -0.05) is 12.1 Å². The van der Waals surface area contributed by atoms with Crippen molar-refractivity contribution < 1.29 is 19.1 Å². The van der Waals surface area contributed by atoms with Crippen LogP contribution in [0, 0.1) is 13.8 Å². The maximum atomic E-state index is 13.5. The SMILES string of the molecule is Cc1cc2oc3c(c(=O)c2cc1C)[C@@H](c1cccc(O)c1)N(C[C@H]1CCCO1)C3=O. The summed E-state index contributed by atoms with van der Waals surface area (Å²) in [5.74, 6) is -0.143. The second-order valence-electron chi connectivity index (χ2n) is 8.20. The fourth-order valence-electron chi connectivity index (χ4n) is 4.51. The molecule has 1 aromatic heterocycles. The molecule has 2 atom stereocenters. The Kier molecular flexibility index (Phi) is 4.40. The van der Waals surface area contributed by atoms with Crippen LogP contribution in [0.5, 0.6) is 5.75 Å². The number of phenols is 1. The Bertz CT molecular complexity index is 1220. The first-order valence-corrected chi connectivity index (χ1v) is 10.2. The number of aryl methyl sites for hydroxylation is 2. The molecular weight excluding hydrogens is 382 g/mol. The molecule has 1 amide bonds. The molecule has 2 aromatic carbocycles. The van der Waals surface area contributed by atoms with Gasteiger partial charge in [0.15, 0.2) is 5.43 Å². The van der Waals surface area contributed by atoms with Gasteiger partial charge in [0.25, 0.3) is 5.91 Å². The minimum Gasteiger partial charge on any atom is -0.508 e. The van der Waals surface area contributed by atoms with Crippen LogP contribution >= 0.6 is 0 Å². The zero-order valence-electron chi connectivity index (χ0n) is 17.0. The van der Waals surface area contributed by atoms with Crippen molar-refractivity contribution in [3.8, 4) is 5.75 Å². The van der Waals surface area contributed by atoms with Gasteiger partial charge in [-0.25, -0.2) is 0 Å². The second-order valence-corrected chi connectivity index (χ2v) is 8.20. The summed E-state index contributed by atoms with van der Waals surface area (Å²) < 4.78 is 11.8. The summed E-state index contributed by atoms with van der Waals surface area (Å²) in [7, 11) is 0. The summed E-state index contributed by atoms with van der Waals surface area (Å²) in [5.41, 5.74) is 3.21. The highest BCUT2D eigenvalue weighted by Crippen LogP contribution is 2.39. The van der Waals surface area contributed by atoms with Crippen molar-refractivity contribution in [3.63, 3.8) is 0 Å². The fourth-order valence-corrected chi connectivity index (χ4v) is 4.51. The number of hydrogen-bond acceptors (Lipinski definition) is 5. The number of amides is 1. The van der Waals surface area contributed by atoms with Crippen molar-refractivity contribution >= 4 is 16.9 Å². The molecule has 5 rings (SSSR count). The maximum absolute atomic E-state index is 13.5. The fraction of sp³-hybridized carbons (Fsp3) is 0.333. The number of rotatable bonds is 3. The summed E-state index contributed by atoms with van der Waals surface area (Å²) in [6.07, 6.45) is 1.75. The van der Waals surface area contributed by atoms with Gasteiger partial charge in [0.2, 0.25) is 5.76 Å². The highest BCUT2D eigenvalue weighted by Gasteiger charge is 2.44. The molecule has 3 heterocycles. The van der Waals surface area contributed by atoms with E-state index in [1.54, 1.807) is 23.1 Å². The molecule has 0 bridgehead atoms. The molecule has 1 saturated heterocycles. The van der Waals surface area contributed by atoms with Crippen LogP contribution in [0.1, 0.15) is 51.7 Å². The van der Waals surface area contributed by atoms with Crippen molar-refractivity contribution in [2.24, 2.45) is 0 Å². The molecule has 0 unspecified atom stereocenters. The van der Waals surface area contributed by atoms with E-state index in [0.29, 0.717) is 35.2 Å². The van der Waals surface area contributed by atoms with Gasteiger partial charge in [0, 0.05) is 13.2 Å². The largest absolute Gasteiger partial charge is 0.508 e. The molecule has 0 spiro atoms. The number of fused-ring (bicyclic) bond motifs is 2. The first-order chi connectivity index (χ1) is 14.4. The topological polar surface area (TPSA) is 80.0 Å². The Hall–Kier alpha value is -3.12. The Morgan fingerprint density at radius 2 is 1.93 bits per heavy atom. The molecule has 1 N–H and O–H groups in total. The van der Waals surface area contributed by atoms with E-state index in [2.05, 4.69) is 0 Å². The highest BCUT2D eigenvalue weighted by atomic mass is 16.5. The van der Waals surface area contributed by atoms with Crippen LogP contribution in [0.4, 0.5) is 0 Å².